The molecule has 40 heavy (non-hydrogen) atoms. The van der Waals surface area contributed by atoms with Crippen molar-refractivity contribution in [1.82, 2.24) is 19.5 Å². The predicted molar refractivity (Wildman–Crippen MR) is 153 cm³/mol. The fraction of sp³-hybridized carbons (Fsp3) is 0.357. The van der Waals surface area contributed by atoms with E-state index in [0.717, 1.165) is 6.42 Å². The Morgan fingerprint density at radius 1 is 1.05 bits per heavy atom. The number of fused-ring (bicyclic) bond motifs is 1. The number of benzene rings is 2. The number of carboxylic acids is 1. The van der Waals surface area contributed by atoms with E-state index in [1.807, 2.05) is 18.2 Å². The first kappa shape index (κ1) is 28.0. The van der Waals surface area contributed by atoms with E-state index in [-0.39, 0.29) is 0 Å². The van der Waals surface area contributed by atoms with Crippen LogP contribution in [0.3, 0.4) is 0 Å². The Morgan fingerprint density at radius 2 is 1.80 bits per heavy atom. The molecule has 1 fully saturated rings. The summed E-state index contributed by atoms with van der Waals surface area (Å²) >= 11 is 1.41. The number of thioether (sulfide) groups is 1. The number of aliphatic hydroxyl groups is 2. The van der Waals surface area contributed by atoms with Crippen molar-refractivity contribution in [2.75, 3.05) is 23.4 Å². The molecule has 0 bridgehead atoms. The van der Waals surface area contributed by atoms with Gasteiger partial charge in [0.1, 0.15) is 24.6 Å². The minimum Gasteiger partial charge on any atom is -0.480 e. The number of aromatic nitrogens is 4. The van der Waals surface area contributed by atoms with Gasteiger partial charge in [0.15, 0.2) is 23.2 Å². The molecule has 5 rings (SSSR count). The van der Waals surface area contributed by atoms with Crippen LogP contribution in [0.25, 0.3) is 22.3 Å². The van der Waals surface area contributed by atoms with Gasteiger partial charge >= 0.3 is 5.97 Å². The molecule has 1 saturated heterocycles. The van der Waals surface area contributed by atoms with Gasteiger partial charge in [0.05, 0.1) is 12.4 Å². The number of aliphatic hydroxyl groups excluding tert-OH is 2. The molecule has 0 radical (unpaired) electrons. The van der Waals surface area contributed by atoms with Crippen molar-refractivity contribution in [3.8, 4) is 11.1 Å². The van der Waals surface area contributed by atoms with Crippen LogP contribution in [-0.2, 0) is 16.0 Å². The number of imidazole rings is 1. The van der Waals surface area contributed by atoms with Crippen molar-refractivity contribution in [2.45, 2.75) is 43.4 Å². The van der Waals surface area contributed by atoms with E-state index in [2.05, 4.69) is 56.7 Å². The number of nitrogens with one attached hydrogen (secondary N) is 1. The molecule has 2 aromatic carbocycles. The summed E-state index contributed by atoms with van der Waals surface area (Å²) in [7, 11) is 0. The highest BCUT2D eigenvalue weighted by Gasteiger charge is 2.44. The third-order valence-electron chi connectivity index (χ3n) is 6.91. The molecule has 2 aromatic heterocycles. The van der Waals surface area contributed by atoms with Gasteiger partial charge in [-0.3, -0.25) is 9.36 Å². The second-order valence-electron chi connectivity index (χ2n) is 9.64. The van der Waals surface area contributed by atoms with E-state index in [0.29, 0.717) is 41.5 Å². The monoisotopic (exact) mass is 564 g/mol. The van der Waals surface area contributed by atoms with E-state index in [9.17, 15) is 15.0 Å². The lowest BCUT2D eigenvalue weighted by molar-refractivity contribution is -0.138. The zero-order valence-electron chi connectivity index (χ0n) is 21.7. The largest absolute Gasteiger partial charge is 0.480 e. The highest BCUT2D eigenvalue weighted by Crippen LogP contribution is 2.33. The summed E-state index contributed by atoms with van der Waals surface area (Å²) in [5.41, 5.74) is 10.1. The molecule has 0 saturated carbocycles. The molecule has 0 aliphatic carbocycles. The fourth-order valence-corrected chi connectivity index (χ4v) is 5.71. The number of nitrogens with two attached hydrogens (primary N) is 1. The molecule has 11 nitrogen and oxygen atoms in total. The fourth-order valence-electron chi connectivity index (χ4n) is 4.62. The van der Waals surface area contributed by atoms with E-state index in [4.69, 9.17) is 15.6 Å². The Morgan fingerprint density at radius 3 is 2.55 bits per heavy atom. The topological polar surface area (TPSA) is 169 Å². The minimum atomic E-state index is -1.19. The molecule has 0 unspecified atom stereocenters. The van der Waals surface area contributed by atoms with Crippen LogP contribution in [0.5, 0.6) is 0 Å². The Hall–Kier alpha value is -3.55. The minimum absolute atomic E-state index is 0.298. The quantitative estimate of drug-likeness (QED) is 0.160. The highest BCUT2D eigenvalue weighted by molar-refractivity contribution is 7.99. The molecular weight excluding hydrogens is 532 g/mol. The van der Waals surface area contributed by atoms with Crippen molar-refractivity contribution in [3.63, 3.8) is 0 Å². The lowest BCUT2D eigenvalue weighted by Crippen LogP contribution is -2.33. The van der Waals surface area contributed by atoms with Gasteiger partial charge in [-0.15, -0.1) is 0 Å². The maximum Gasteiger partial charge on any atom is 0.320 e. The van der Waals surface area contributed by atoms with E-state index in [1.165, 1.54) is 41.1 Å². The van der Waals surface area contributed by atoms with E-state index >= 15 is 0 Å². The van der Waals surface area contributed by atoms with Gasteiger partial charge in [-0.1, -0.05) is 54.6 Å². The molecule has 12 heteroatoms. The van der Waals surface area contributed by atoms with Crippen LogP contribution in [0.15, 0.2) is 67.3 Å². The van der Waals surface area contributed by atoms with Gasteiger partial charge in [-0.25, -0.2) is 15.0 Å². The summed E-state index contributed by atoms with van der Waals surface area (Å²) in [6.07, 6.45) is 0.212. The molecule has 210 valence electrons. The Balaban J connectivity index is 1.19. The molecule has 5 atom stereocenters. The average Bonchev–Trinajstić information content (AvgIpc) is 3.53. The summed E-state index contributed by atoms with van der Waals surface area (Å²) in [6, 6.07) is 17.8. The molecule has 3 heterocycles. The summed E-state index contributed by atoms with van der Waals surface area (Å²) < 4.78 is 7.59. The number of ether oxygens (including phenoxy) is 1. The number of hydrogen-bond donors (Lipinski definition) is 5. The maximum atomic E-state index is 10.9. The third-order valence-corrected chi connectivity index (χ3v) is 8.00. The van der Waals surface area contributed by atoms with Crippen molar-refractivity contribution in [3.05, 3.63) is 72.8 Å². The number of carboxylic acid groups (broad SMARTS) is 1. The number of nitrogens with zero attached hydrogens (tertiary/aromatic N) is 4. The van der Waals surface area contributed by atoms with Crippen LogP contribution in [0, 0.1) is 0 Å². The second-order valence-corrected chi connectivity index (χ2v) is 10.8. The van der Waals surface area contributed by atoms with Gasteiger partial charge in [0.2, 0.25) is 0 Å². The van der Waals surface area contributed by atoms with Gasteiger partial charge in [-0.05, 0) is 35.3 Å². The Labute approximate surface area is 235 Å². The maximum absolute atomic E-state index is 10.9. The van der Waals surface area contributed by atoms with Crippen molar-refractivity contribution in [2.24, 2.45) is 5.73 Å². The van der Waals surface area contributed by atoms with Crippen LogP contribution >= 0.6 is 11.8 Å². The molecule has 6 N–H and O–H groups in total. The SMILES string of the molecule is N[C@@H](CCSC[C@H]1O[C@@H](n2cnc3c(NCCc4ccc(-c5ccccc5)cc4)ncnc32)[C@H](O)[C@@H]1O)C(=O)O. The second kappa shape index (κ2) is 12.7. The smallest absolute Gasteiger partial charge is 0.320 e. The molecule has 1 aliphatic rings. The van der Waals surface area contributed by atoms with Crippen LogP contribution in [0.4, 0.5) is 5.82 Å². The van der Waals surface area contributed by atoms with Crippen LogP contribution in [-0.4, -0.2) is 83.2 Å². The van der Waals surface area contributed by atoms with E-state index in [1.54, 1.807) is 4.57 Å². The predicted octanol–water partition coefficient (Wildman–Crippen LogP) is 2.30. The summed E-state index contributed by atoms with van der Waals surface area (Å²) in [4.78, 5) is 24.0. The number of aliphatic carboxylic acids is 1. The van der Waals surface area contributed by atoms with Gasteiger partial charge in [-0.2, -0.15) is 11.8 Å². The third kappa shape index (κ3) is 6.26. The Bertz CT molecular complexity index is 1420. The molecule has 4 aromatic rings. The van der Waals surface area contributed by atoms with Gasteiger partial charge < -0.3 is 31.1 Å². The van der Waals surface area contributed by atoms with E-state index < -0.39 is 36.6 Å². The molecule has 0 amide bonds. The Kier molecular flexibility index (Phi) is 8.92. The summed E-state index contributed by atoms with van der Waals surface area (Å²) in [5.74, 6) is 0.393. The normalized spacial score (nSPS) is 21.5. The lowest BCUT2D eigenvalue weighted by Gasteiger charge is -2.16. The van der Waals surface area contributed by atoms with Gasteiger partial charge in [0.25, 0.3) is 0 Å². The first-order valence-corrected chi connectivity index (χ1v) is 14.2. The number of carbonyl (C=O) groups is 1. The zero-order chi connectivity index (χ0) is 28.1. The first-order valence-electron chi connectivity index (χ1n) is 13.1. The summed E-state index contributed by atoms with van der Waals surface area (Å²) in [5, 5.41) is 33.5. The van der Waals surface area contributed by atoms with Crippen molar-refractivity contribution >= 4 is 34.7 Å². The van der Waals surface area contributed by atoms with Crippen LogP contribution < -0.4 is 11.1 Å². The molecule has 1 aliphatic heterocycles. The molecular formula is C28H32N6O5S. The van der Waals surface area contributed by atoms with Crippen LogP contribution in [0.1, 0.15) is 18.2 Å². The summed E-state index contributed by atoms with van der Waals surface area (Å²) in [6.45, 7) is 0.635. The van der Waals surface area contributed by atoms with Crippen molar-refractivity contribution < 1.29 is 24.9 Å². The highest BCUT2D eigenvalue weighted by atomic mass is 32.2. The van der Waals surface area contributed by atoms with Crippen LogP contribution in [0.2, 0.25) is 0 Å². The number of anilines is 1. The average molecular weight is 565 g/mol. The number of rotatable bonds is 12. The zero-order valence-corrected chi connectivity index (χ0v) is 22.5. The number of hydrogen-bond acceptors (Lipinski definition) is 10. The van der Waals surface area contributed by atoms with Gasteiger partial charge in [0, 0.05) is 12.3 Å². The van der Waals surface area contributed by atoms with Crippen molar-refractivity contribution in [1.29, 1.82) is 0 Å². The molecule has 0 spiro atoms. The lowest BCUT2D eigenvalue weighted by atomic mass is 10.0. The first-order chi connectivity index (χ1) is 19.4. The standard InChI is InChI=1S/C28H32N6O5S/c29-20(28(37)38)11-13-40-14-21-23(35)24(36)27(39-21)34-16-33-22-25(31-15-32-26(22)34)30-12-10-17-6-8-19(9-7-17)18-4-2-1-3-5-18/h1-9,15-16,20-21,23-24,27,35-36H,10-14,29H2,(H,37,38)(H,30,31,32)/t20-,21+,23+,24+,27+/m0/s1.